The maximum absolute atomic E-state index is 14.5. The van der Waals surface area contributed by atoms with E-state index >= 15 is 0 Å². The molecule has 0 saturated carbocycles. The van der Waals surface area contributed by atoms with Crippen molar-refractivity contribution in [3.63, 3.8) is 0 Å². The number of halogens is 2. The Labute approximate surface area is 243 Å². The molecule has 1 saturated heterocycles. The van der Waals surface area contributed by atoms with Crippen molar-refractivity contribution in [2.24, 2.45) is 0 Å². The molecule has 0 spiro atoms. The second kappa shape index (κ2) is 11.6. The van der Waals surface area contributed by atoms with Gasteiger partial charge in [-0.3, -0.25) is 9.59 Å². The van der Waals surface area contributed by atoms with Gasteiger partial charge in [0.15, 0.2) is 0 Å². The summed E-state index contributed by atoms with van der Waals surface area (Å²) in [6, 6.07) is 26.8. The average molecular weight is 568 g/mol. The molecule has 0 N–H and O–H groups in total. The summed E-state index contributed by atoms with van der Waals surface area (Å²) in [5.74, 6) is -0.931. The van der Waals surface area contributed by atoms with Gasteiger partial charge in [-0.1, -0.05) is 54.6 Å². The maximum Gasteiger partial charge on any atom is 0.255 e. The molecule has 0 aliphatic carbocycles. The van der Waals surface area contributed by atoms with E-state index in [-0.39, 0.29) is 30.0 Å². The topological polar surface area (TPSA) is 53.1 Å². The smallest absolute Gasteiger partial charge is 0.255 e. The van der Waals surface area contributed by atoms with Crippen molar-refractivity contribution in [2.75, 3.05) is 38.2 Å². The van der Waals surface area contributed by atoms with Gasteiger partial charge in [0, 0.05) is 38.3 Å². The Morgan fingerprint density at radius 3 is 2.19 bits per heavy atom. The lowest BCUT2D eigenvalue weighted by Gasteiger charge is -2.45. The van der Waals surface area contributed by atoms with Gasteiger partial charge >= 0.3 is 0 Å². The first-order chi connectivity index (χ1) is 20.4. The van der Waals surface area contributed by atoms with Crippen LogP contribution in [0.4, 0.5) is 14.5 Å². The predicted octanol–water partition coefficient (Wildman–Crippen LogP) is 5.80. The van der Waals surface area contributed by atoms with Gasteiger partial charge in [-0.05, 0) is 59.2 Å². The number of fused-ring (bicyclic) bond motifs is 1. The van der Waals surface area contributed by atoms with E-state index in [4.69, 9.17) is 4.74 Å². The number of carbonyl (C=O) groups excluding carboxylic acids is 2. The summed E-state index contributed by atoms with van der Waals surface area (Å²) in [6.45, 7) is 2.04. The number of methoxy groups -OCH3 is 1. The van der Waals surface area contributed by atoms with Crippen molar-refractivity contribution >= 4 is 17.5 Å². The van der Waals surface area contributed by atoms with E-state index in [0.717, 1.165) is 11.1 Å². The van der Waals surface area contributed by atoms with Crippen LogP contribution in [0.1, 0.15) is 39.0 Å². The number of rotatable bonds is 6. The van der Waals surface area contributed by atoms with Crippen molar-refractivity contribution in [1.29, 1.82) is 0 Å². The van der Waals surface area contributed by atoms with Crippen LogP contribution in [0.3, 0.4) is 0 Å². The first kappa shape index (κ1) is 27.4. The summed E-state index contributed by atoms with van der Waals surface area (Å²) in [5.41, 5.74) is 3.24. The molecule has 0 unspecified atom stereocenters. The molecule has 2 amide bonds. The van der Waals surface area contributed by atoms with Crippen LogP contribution >= 0.6 is 0 Å². The Hall–Kier alpha value is -4.72. The van der Waals surface area contributed by atoms with Crippen LogP contribution in [0.15, 0.2) is 97.1 Å². The average Bonchev–Trinajstić information content (AvgIpc) is 3.03. The number of carbonyl (C=O) groups is 2. The molecule has 0 bridgehead atoms. The molecule has 4 aromatic rings. The molecule has 2 aliphatic rings. The summed E-state index contributed by atoms with van der Waals surface area (Å²) in [6.07, 6.45) is 0. The van der Waals surface area contributed by atoms with Gasteiger partial charge in [-0.2, -0.15) is 0 Å². The first-order valence-corrected chi connectivity index (χ1v) is 14.0. The van der Waals surface area contributed by atoms with Crippen LogP contribution in [0.25, 0.3) is 0 Å². The van der Waals surface area contributed by atoms with Crippen molar-refractivity contribution in [3.8, 4) is 5.75 Å². The van der Waals surface area contributed by atoms with Crippen LogP contribution in [-0.2, 0) is 11.3 Å². The van der Waals surface area contributed by atoms with Gasteiger partial charge in [-0.25, -0.2) is 8.78 Å². The highest BCUT2D eigenvalue weighted by Crippen LogP contribution is 2.45. The second-order valence-electron chi connectivity index (χ2n) is 10.6. The Kier molecular flexibility index (Phi) is 7.61. The Morgan fingerprint density at radius 1 is 0.833 bits per heavy atom. The molecule has 0 aromatic heterocycles. The first-order valence-electron chi connectivity index (χ1n) is 14.0. The van der Waals surface area contributed by atoms with E-state index in [1.807, 2.05) is 46.2 Å². The standard InChI is InChI=1S/C34H31F2N3O3/c1-42-26-16-12-24(13-17-26)32-31(34(41)38-20-18-37(19-21-38)30-9-5-4-8-29(30)36)27-6-2-3-7-28(27)33(40)39(32)22-23-10-14-25(35)15-11-23/h2-17,31-32H,18-22H2,1H3/t31-,32-/m0/s1. The molecule has 6 rings (SSSR count). The fourth-order valence-corrected chi connectivity index (χ4v) is 6.06. The fraction of sp³-hybridized carbons (Fsp3) is 0.235. The van der Waals surface area contributed by atoms with Gasteiger partial charge in [-0.15, -0.1) is 0 Å². The lowest BCUT2D eigenvalue weighted by Crippen LogP contribution is -2.53. The third-order valence-electron chi connectivity index (χ3n) is 8.21. The Balaban J connectivity index is 1.38. The summed E-state index contributed by atoms with van der Waals surface area (Å²) in [4.78, 5) is 34.0. The monoisotopic (exact) mass is 567 g/mol. The van der Waals surface area contributed by atoms with Crippen LogP contribution in [0.2, 0.25) is 0 Å². The van der Waals surface area contributed by atoms with Gasteiger partial charge in [0.2, 0.25) is 5.91 Å². The van der Waals surface area contributed by atoms with Gasteiger partial charge in [0.05, 0.1) is 24.8 Å². The molecular formula is C34H31F2N3O3. The second-order valence-corrected chi connectivity index (χ2v) is 10.6. The van der Waals surface area contributed by atoms with E-state index in [1.54, 1.807) is 54.5 Å². The number of hydrogen-bond acceptors (Lipinski definition) is 4. The van der Waals surface area contributed by atoms with E-state index in [9.17, 15) is 18.4 Å². The number of hydrogen-bond donors (Lipinski definition) is 0. The molecule has 214 valence electrons. The molecule has 4 aromatic carbocycles. The highest BCUT2D eigenvalue weighted by molar-refractivity contribution is 6.01. The Bertz CT molecular complexity index is 1580. The molecule has 2 heterocycles. The quantitative estimate of drug-likeness (QED) is 0.296. The zero-order valence-corrected chi connectivity index (χ0v) is 23.3. The zero-order valence-electron chi connectivity index (χ0n) is 23.3. The minimum Gasteiger partial charge on any atom is -0.497 e. The summed E-state index contributed by atoms with van der Waals surface area (Å²) in [5, 5.41) is 0. The van der Waals surface area contributed by atoms with Gasteiger partial charge < -0.3 is 19.4 Å². The third kappa shape index (κ3) is 5.20. The molecule has 42 heavy (non-hydrogen) atoms. The van der Waals surface area contributed by atoms with E-state index in [1.165, 1.54) is 18.2 Å². The van der Waals surface area contributed by atoms with Crippen LogP contribution in [0.5, 0.6) is 5.75 Å². The van der Waals surface area contributed by atoms with Crippen LogP contribution < -0.4 is 9.64 Å². The number of anilines is 1. The van der Waals surface area contributed by atoms with E-state index in [0.29, 0.717) is 48.7 Å². The minimum atomic E-state index is -0.673. The normalized spacial score (nSPS) is 18.5. The van der Waals surface area contributed by atoms with Crippen LogP contribution in [0, 0.1) is 11.6 Å². The summed E-state index contributed by atoms with van der Waals surface area (Å²) >= 11 is 0. The highest BCUT2D eigenvalue weighted by Gasteiger charge is 2.45. The number of amides is 2. The minimum absolute atomic E-state index is 0.0898. The summed E-state index contributed by atoms with van der Waals surface area (Å²) < 4.78 is 33.6. The lowest BCUT2D eigenvalue weighted by atomic mass is 9.78. The predicted molar refractivity (Wildman–Crippen MR) is 156 cm³/mol. The molecular weight excluding hydrogens is 536 g/mol. The van der Waals surface area contributed by atoms with E-state index in [2.05, 4.69) is 0 Å². The third-order valence-corrected chi connectivity index (χ3v) is 8.21. The molecule has 8 heteroatoms. The largest absolute Gasteiger partial charge is 0.497 e. The fourth-order valence-electron chi connectivity index (χ4n) is 6.06. The summed E-state index contributed by atoms with van der Waals surface area (Å²) in [7, 11) is 1.59. The molecule has 1 fully saturated rings. The SMILES string of the molecule is COc1ccc([C@H]2[C@@H](C(=O)N3CCN(c4ccccc4F)CC3)c3ccccc3C(=O)N2Cc2ccc(F)cc2)cc1. The van der Waals surface area contributed by atoms with Crippen LogP contribution in [-0.4, -0.2) is 54.9 Å². The molecule has 0 radical (unpaired) electrons. The Morgan fingerprint density at radius 2 is 1.50 bits per heavy atom. The van der Waals surface area contributed by atoms with Crippen molar-refractivity contribution in [3.05, 3.63) is 131 Å². The van der Waals surface area contributed by atoms with Crippen molar-refractivity contribution in [2.45, 2.75) is 18.5 Å². The van der Waals surface area contributed by atoms with Gasteiger partial charge in [0.1, 0.15) is 17.4 Å². The molecule has 2 atom stereocenters. The zero-order chi connectivity index (χ0) is 29.2. The van der Waals surface area contributed by atoms with Crippen molar-refractivity contribution < 1.29 is 23.1 Å². The van der Waals surface area contributed by atoms with E-state index < -0.39 is 12.0 Å². The number of para-hydroxylation sites is 1. The van der Waals surface area contributed by atoms with Crippen molar-refractivity contribution in [1.82, 2.24) is 9.80 Å². The number of nitrogens with zero attached hydrogens (tertiary/aromatic N) is 3. The maximum atomic E-state index is 14.5. The van der Waals surface area contributed by atoms with Gasteiger partial charge in [0.25, 0.3) is 5.91 Å². The number of piperazine rings is 1. The number of ether oxygens (including phenoxy) is 1. The lowest BCUT2D eigenvalue weighted by molar-refractivity contribution is -0.135. The number of benzene rings is 4. The molecule has 2 aliphatic heterocycles. The highest BCUT2D eigenvalue weighted by atomic mass is 19.1. The molecule has 6 nitrogen and oxygen atoms in total.